The number of benzene rings is 1. The van der Waals surface area contributed by atoms with Crippen LogP contribution in [0.5, 0.6) is 0 Å². The van der Waals surface area contributed by atoms with Crippen molar-refractivity contribution in [1.29, 1.82) is 0 Å². The summed E-state index contributed by atoms with van der Waals surface area (Å²) in [5, 5.41) is 0.597. The summed E-state index contributed by atoms with van der Waals surface area (Å²) in [5.74, 6) is 2.89. The first-order chi connectivity index (χ1) is 15.4. The molecule has 0 radical (unpaired) electrons. The Balaban J connectivity index is 1.33. The Labute approximate surface area is 191 Å². The van der Waals surface area contributed by atoms with Crippen LogP contribution in [0.3, 0.4) is 0 Å². The van der Waals surface area contributed by atoms with Crippen LogP contribution < -0.4 is 11.0 Å². The zero-order valence-electron chi connectivity index (χ0n) is 18.7. The van der Waals surface area contributed by atoms with Crippen molar-refractivity contribution < 1.29 is 4.79 Å². The second-order valence-electron chi connectivity index (χ2n) is 10.5. The highest BCUT2D eigenvalue weighted by Gasteiger charge is 2.51. The molecule has 32 heavy (non-hydrogen) atoms. The van der Waals surface area contributed by atoms with Gasteiger partial charge in [0.05, 0.1) is 5.39 Å². The van der Waals surface area contributed by atoms with Crippen molar-refractivity contribution in [2.75, 3.05) is 5.43 Å². The van der Waals surface area contributed by atoms with Crippen LogP contribution in [0.25, 0.3) is 21.3 Å². The second-order valence-corrected chi connectivity index (χ2v) is 11.7. The average molecular weight is 448 g/mol. The summed E-state index contributed by atoms with van der Waals surface area (Å²) < 4.78 is 1.38. The Bertz CT molecular complexity index is 1240. The number of aromatic nitrogens is 2. The standard InChI is InChI=1S/C26H29N3O2S/c1-15-22(20-6-4-3-5-7-20)23-24(32-15)27-16(2)29(25(23)31)28-21(30)14-26-11-17-8-18(12-26)10-19(9-17)13-26/h3-7,17-19H,8-14H2,1-2H3,(H,28,30). The average Bonchev–Trinajstić information content (AvgIpc) is 3.06. The molecule has 0 atom stereocenters. The van der Waals surface area contributed by atoms with Crippen molar-refractivity contribution in [1.82, 2.24) is 9.66 Å². The lowest BCUT2D eigenvalue weighted by Crippen LogP contribution is -2.48. The van der Waals surface area contributed by atoms with Crippen molar-refractivity contribution in [3.05, 3.63) is 51.4 Å². The minimum atomic E-state index is -0.186. The van der Waals surface area contributed by atoms with Gasteiger partial charge in [0, 0.05) is 16.9 Å². The van der Waals surface area contributed by atoms with Gasteiger partial charge in [-0.3, -0.25) is 15.0 Å². The number of thiophene rings is 1. The molecule has 2 heterocycles. The first-order valence-corrected chi connectivity index (χ1v) is 12.6. The molecule has 4 saturated carbocycles. The van der Waals surface area contributed by atoms with E-state index >= 15 is 0 Å². The number of hydrogen-bond donors (Lipinski definition) is 1. The van der Waals surface area contributed by atoms with Gasteiger partial charge in [0.25, 0.3) is 5.56 Å². The van der Waals surface area contributed by atoms with Gasteiger partial charge in [-0.25, -0.2) is 9.66 Å². The maximum Gasteiger partial charge on any atom is 0.281 e. The first kappa shape index (κ1) is 20.2. The van der Waals surface area contributed by atoms with E-state index < -0.39 is 0 Å². The fraction of sp³-hybridized carbons (Fsp3) is 0.500. The lowest BCUT2D eigenvalue weighted by Gasteiger charge is -2.56. The Kier molecular flexibility index (Phi) is 4.58. The maximum atomic E-state index is 13.6. The summed E-state index contributed by atoms with van der Waals surface area (Å²) >= 11 is 1.54. The van der Waals surface area contributed by atoms with E-state index in [9.17, 15) is 9.59 Å². The normalized spacial score (nSPS) is 28.4. The predicted molar refractivity (Wildman–Crippen MR) is 128 cm³/mol. The molecule has 6 heteroatoms. The monoisotopic (exact) mass is 447 g/mol. The lowest BCUT2D eigenvalue weighted by molar-refractivity contribution is -0.125. The second kappa shape index (κ2) is 7.27. The van der Waals surface area contributed by atoms with Crippen LogP contribution >= 0.6 is 11.3 Å². The van der Waals surface area contributed by atoms with Gasteiger partial charge in [0.15, 0.2) is 0 Å². The SMILES string of the molecule is Cc1sc2nc(C)n(NC(=O)CC34CC5CC(CC(C5)C3)C4)c(=O)c2c1-c1ccccc1. The van der Waals surface area contributed by atoms with Crippen molar-refractivity contribution >= 4 is 27.5 Å². The third-order valence-electron chi connectivity index (χ3n) is 8.07. The smallest absolute Gasteiger partial charge is 0.273 e. The molecule has 0 unspecified atom stereocenters. The summed E-state index contributed by atoms with van der Waals surface area (Å²) in [7, 11) is 0. The van der Waals surface area contributed by atoms with Crippen LogP contribution in [-0.4, -0.2) is 15.6 Å². The molecule has 3 aromatic rings. The Morgan fingerprint density at radius 1 is 1.09 bits per heavy atom. The Morgan fingerprint density at radius 2 is 1.72 bits per heavy atom. The molecule has 0 spiro atoms. The van der Waals surface area contributed by atoms with Gasteiger partial charge in [0.2, 0.25) is 5.91 Å². The van der Waals surface area contributed by atoms with Crippen LogP contribution in [-0.2, 0) is 4.79 Å². The molecule has 1 N–H and O–H groups in total. The molecule has 0 aliphatic heterocycles. The van der Waals surface area contributed by atoms with Gasteiger partial charge in [-0.2, -0.15) is 0 Å². The third kappa shape index (κ3) is 3.22. The zero-order valence-corrected chi connectivity index (χ0v) is 19.5. The van der Waals surface area contributed by atoms with Crippen LogP contribution in [0, 0.1) is 37.0 Å². The van der Waals surface area contributed by atoms with E-state index in [1.54, 1.807) is 6.92 Å². The largest absolute Gasteiger partial charge is 0.281 e. The molecule has 4 aliphatic carbocycles. The Morgan fingerprint density at radius 3 is 2.34 bits per heavy atom. The van der Waals surface area contributed by atoms with Crippen LogP contribution in [0.4, 0.5) is 0 Å². The first-order valence-electron chi connectivity index (χ1n) is 11.8. The van der Waals surface area contributed by atoms with Gasteiger partial charge in [-0.1, -0.05) is 30.3 Å². The number of hydrogen-bond acceptors (Lipinski definition) is 4. The molecule has 4 aliphatic rings. The summed E-state index contributed by atoms with van der Waals surface area (Å²) in [4.78, 5) is 33.3. The minimum Gasteiger partial charge on any atom is -0.273 e. The number of aryl methyl sites for hydroxylation is 2. The van der Waals surface area contributed by atoms with Gasteiger partial charge < -0.3 is 0 Å². The number of carbonyl (C=O) groups is 1. The van der Waals surface area contributed by atoms with Crippen molar-refractivity contribution in [3.8, 4) is 11.1 Å². The van der Waals surface area contributed by atoms with E-state index in [1.807, 2.05) is 37.3 Å². The highest BCUT2D eigenvalue weighted by atomic mass is 32.1. The molecule has 5 nitrogen and oxygen atoms in total. The summed E-state index contributed by atoms with van der Waals surface area (Å²) in [6.07, 6.45) is 8.15. The van der Waals surface area contributed by atoms with E-state index in [2.05, 4.69) is 10.4 Å². The zero-order chi connectivity index (χ0) is 22.0. The topological polar surface area (TPSA) is 64.0 Å². The number of nitrogens with one attached hydrogen (secondary N) is 1. The highest BCUT2D eigenvalue weighted by molar-refractivity contribution is 7.19. The van der Waals surface area contributed by atoms with Gasteiger partial charge in [0.1, 0.15) is 10.7 Å². The lowest BCUT2D eigenvalue weighted by atomic mass is 9.49. The summed E-state index contributed by atoms with van der Waals surface area (Å²) in [6.45, 7) is 3.82. The highest BCUT2D eigenvalue weighted by Crippen LogP contribution is 2.61. The van der Waals surface area contributed by atoms with Crippen molar-refractivity contribution in [3.63, 3.8) is 0 Å². The quantitative estimate of drug-likeness (QED) is 0.581. The summed E-state index contributed by atoms with van der Waals surface area (Å²) in [5.41, 5.74) is 4.82. The fourth-order valence-electron chi connectivity index (χ4n) is 7.36. The molecular weight excluding hydrogens is 418 g/mol. The van der Waals surface area contributed by atoms with Gasteiger partial charge >= 0.3 is 0 Å². The van der Waals surface area contributed by atoms with Crippen molar-refractivity contribution in [2.24, 2.45) is 23.2 Å². The molecule has 1 aromatic carbocycles. The van der Waals surface area contributed by atoms with Crippen LogP contribution in [0.2, 0.25) is 0 Å². The molecule has 4 bridgehead atoms. The van der Waals surface area contributed by atoms with E-state index in [1.165, 1.54) is 54.5 Å². The maximum absolute atomic E-state index is 13.6. The molecule has 0 saturated heterocycles. The molecule has 2 aromatic heterocycles. The fourth-order valence-corrected chi connectivity index (χ4v) is 8.44. The molecule has 7 rings (SSSR count). The van der Waals surface area contributed by atoms with Crippen LogP contribution in [0.1, 0.15) is 55.6 Å². The number of fused-ring (bicyclic) bond motifs is 1. The third-order valence-corrected chi connectivity index (χ3v) is 9.07. The van der Waals surface area contributed by atoms with E-state index in [0.29, 0.717) is 17.6 Å². The van der Waals surface area contributed by atoms with E-state index in [-0.39, 0.29) is 16.9 Å². The molecule has 1 amide bonds. The molecule has 166 valence electrons. The van der Waals surface area contributed by atoms with E-state index in [0.717, 1.165) is 38.6 Å². The molecular formula is C26H29N3O2S. The summed E-state index contributed by atoms with van der Waals surface area (Å²) in [6, 6.07) is 9.96. The van der Waals surface area contributed by atoms with Gasteiger partial charge in [-0.15, -0.1) is 11.3 Å². The number of carbonyl (C=O) groups excluding carboxylic acids is 1. The Hall–Kier alpha value is -2.47. The van der Waals surface area contributed by atoms with E-state index in [4.69, 9.17) is 0 Å². The molecule has 4 fully saturated rings. The number of amides is 1. The minimum absolute atomic E-state index is 0.0495. The van der Waals surface area contributed by atoms with Crippen molar-refractivity contribution in [2.45, 2.75) is 58.8 Å². The number of nitrogens with zero attached hydrogens (tertiary/aromatic N) is 2. The van der Waals surface area contributed by atoms with Gasteiger partial charge in [-0.05, 0) is 81.1 Å². The van der Waals surface area contributed by atoms with Crippen LogP contribution in [0.15, 0.2) is 35.1 Å². The predicted octanol–water partition coefficient (Wildman–Crippen LogP) is 5.42. The number of rotatable bonds is 4.